The Bertz CT molecular complexity index is 1160. The summed E-state index contributed by atoms with van der Waals surface area (Å²) in [5.41, 5.74) is 1.01. The summed E-state index contributed by atoms with van der Waals surface area (Å²) in [6.45, 7) is -0.232. The second kappa shape index (κ2) is 13.7. The highest BCUT2D eigenvalue weighted by Crippen LogP contribution is 2.36. The molecule has 1 aromatic heterocycles. The fraction of sp³-hybridized carbons (Fsp3) is 0.385. The van der Waals surface area contributed by atoms with Crippen LogP contribution in [-0.2, 0) is 35.1 Å². The van der Waals surface area contributed by atoms with Crippen molar-refractivity contribution in [2.75, 3.05) is 38.9 Å². The van der Waals surface area contributed by atoms with Crippen LogP contribution in [0.3, 0.4) is 0 Å². The molecule has 0 bridgehead atoms. The van der Waals surface area contributed by atoms with Crippen LogP contribution in [0.2, 0.25) is 5.02 Å². The molecule has 1 aromatic carbocycles. The molecule has 1 aliphatic rings. The molecule has 0 N–H and O–H groups in total. The quantitative estimate of drug-likeness (QED) is 0.314. The van der Waals surface area contributed by atoms with Gasteiger partial charge in [0.15, 0.2) is 6.61 Å². The number of benzene rings is 1. The zero-order valence-electron chi connectivity index (χ0n) is 20.6. The molecule has 2 aromatic rings. The average Bonchev–Trinajstić information content (AvgIpc) is 2.91. The number of carbonyl (C=O) groups excluding carboxylic acids is 3. The monoisotopic (exact) mass is 534 g/mol. The number of esters is 2. The van der Waals surface area contributed by atoms with E-state index >= 15 is 4.39 Å². The van der Waals surface area contributed by atoms with Gasteiger partial charge in [-0.05, 0) is 43.4 Å². The van der Waals surface area contributed by atoms with Gasteiger partial charge in [0.25, 0.3) is 5.91 Å². The molecule has 0 unspecified atom stereocenters. The third-order valence-corrected chi connectivity index (χ3v) is 5.96. The van der Waals surface area contributed by atoms with E-state index in [1.807, 2.05) is 0 Å². The molecule has 0 atom stereocenters. The van der Waals surface area contributed by atoms with Gasteiger partial charge in [0.2, 0.25) is 0 Å². The summed E-state index contributed by atoms with van der Waals surface area (Å²) in [7, 11) is 2.69. The molecular weight excluding hydrogens is 507 g/mol. The van der Waals surface area contributed by atoms with E-state index in [0.717, 1.165) is 12.5 Å². The van der Waals surface area contributed by atoms with E-state index in [2.05, 4.69) is 9.72 Å². The zero-order chi connectivity index (χ0) is 26.8. The summed E-state index contributed by atoms with van der Waals surface area (Å²) in [5, 5.41) is -0.0850. The van der Waals surface area contributed by atoms with Crippen molar-refractivity contribution in [3.63, 3.8) is 0 Å². The highest BCUT2D eigenvalue weighted by atomic mass is 35.5. The van der Waals surface area contributed by atoms with E-state index in [4.69, 9.17) is 25.8 Å². The summed E-state index contributed by atoms with van der Waals surface area (Å²) in [6, 6.07) is 5.68. The lowest BCUT2D eigenvalue weighted by Crippen LogP contribution is -2.34. The van der Waals surface area contributed by atoms with Crippen molar-refractivity contribution in [3.05, 3.63) is 64.2 Å². The zero-order valence-corrected chi connectivity index (χ0v) is 21.4. The topological polar surface area (TPSA) is 104 Å². The van der Waals surface area contributed by atoms with E-state index in [0.29, 0.717) is 24.8 Å². The van der Waals surface area contributed by atoms with Gasteiger partial charge in [-0.2, -0.15) is 0 Å². The van der Waals surface area contributed by atoms with E-state index in [1.165, 1.54) is 25.2 Å². The maximum absolute atomic E-state index is 15.3. The van der Waals surface area contributed by atoms with Crippen molar-refractivity contribution in [2.24, 2.45) is 0 Å². The van der Waals surface area contributed by atoms with Crippen molar-refractivity contribution < 1.29 is 37.7 Å². The number of halogens is 2. The first-order valence-corrected chi connectivity index (χ1v) is 12.0. The molecule has 0 aliphatic heterocycles. The molecule has 37 heavy (non-hydrogen) atoms. The van der Waals surface area contributed by atoms with Gasteiger partial charge in [0, 0.05) is 36.7 Å². The maximum atomic E-state index is 15.3. The number of anilines is 1. The van der Waals surface area contributed by atoms with Crippen molar-refractivity contribution >= 4 is 35.1 Å². The molecule has 198 valence electrons. The first-order chi connectivity index (χ1) is 17.8. The van der Waals surface area contributed by atoms with Gasteiger partial charge in [-0.3, -0.25) is 9.78 Å². The third kappa shape index (κ3) is 7.50. The number of pyridine rings is 1. The summed E-state index contributed by atoms with van der Waals surface area (Å²) in [6.07, 6.45) is 5.23. The molecule has 1 aliphatic carbocycles. The number of nitrogens with zero attached hydrogens (tertiary/aromatic N) is 2. The van der Waals surface area contributed by atoms with Gasteiger partial charge in [0.05, 0.1) is 31.0 Å². The van der Waals surface area contributed by atoms with Gasteiger partial charge in [0.1, 0.15) is 18.2 Å². The lowest BCUT2D eigenvalue weighted by atomic mass is 9.90. The van der Waals surface area contributed by atoms with Crippen LogP contribution in [0.4, 0.5) is 10.1 Å². The Morgan fingerprint density at radius 1 is 1.11 bits per heavy atom. The van der Waals surface area contributed by atoms with Crippen molar-refractivity contribution in [2.45, 2.75) is 32.2 Å². The first kappa shape index (κ1) is 28.1. The van der Waals surface area contributed by atoms with Gasteiger partial charge < -0.3 is 23.8 Å². The van der Waals surface area contributed by atoms with Crippen LogP contribution in [0.25, 0.3) is 0 Å². The van der Waals surface area contributed by atoms with Gasteiger partial charge >= 0.3 is 11.9 Å². The average molecular weight is 535 g/mol. The minimum Gasteiger partial charge on any atom is -0.480 e. The number of rotatable bonds is 11. The highest BCUT2D eigenvalue weighted by Gasteiger charge is 2.31. The Morgan fingerprint density at radius 2 is 1.86 bits per heavy atom. The van der Waals surface area contributed by atoms with Crippen molar-refractivity contribution in [3.8, 4) is 5.75 Å². The van der Waals surface area contributed by atoms with Gasteiger partial charge in [-0.1, -0.05) is 17.7 Å². The van der Waals surface area contributed by atoms with Crippen LogP contribution < -0.4 is 9.64 Å². The lowest BCUT2D eigenvalue weighted by Gasteiger charge is -2.28. The van der Waals surface area contributed by atoms with Crippen LogP contribution in [0.5, 0.6) is 5.75 Å². The molecule has 1 heterocycles. The van der Waals surface area contributed by atoms with Crippen LogP contribution >= 0.6 is 11.6 Å². The third-order valence-electron chi connectivity index (χ3n) is 5.67. The standard InChI is InChI=1S/C26H28ClFN2O7/c1-34-10-11-36-26(33)19-8-4-3-7-18(19)25(32)30(15-17-6-5-9-29-14-17)22-13-23(20(27)12-21(22)28)37-16-24(31)35-2/h5-6,9,12-14H,3-4,7-8,10-11,15-16H2,1-2H3. The fourth-order valence-electron chi connectivity index (χ4n) is 3.81. The molecule has 0 fully saturated rings. The predicted molar refractivity (Wildman–Crippen MR) is 133 cm³/mol. The smallest absolute Gasteiger partial charge is 0.343 e. The Balaban J connectivity index is 2.03. The molecule has 0 saturated carbocycles. The second-order valence-corrected chi connectivity index (χ2v) is 8.55. The summed E-state index contributed by atoms with van der Waals surface area (Å²) in [4.78, 5) is 43.5. The molecule has 0 saturated heterocycles. The SMILES string of the molecule is COCCOC(=O)C1=C(C(=O)N(Cc2cccnc2)c2cc(OCC(=O)OC)c(Cl)cc2F)CCCC1. The molecule has 0 radical (unpaired) electrons. The van der Waals surface area contributed by atoms with E-state index in [1.54, 1.807) is 24.5 Å². The van der Waals surface area contributed by atoms with Crippen molar-refractivity contribution in [1.82, 2.24) is 4.98 Å². The van der Waals surface area contributed by atoms with E-state index in [9.17, 15) is 14.4 Å². The number of hydrogen-bond donors (Lipinski definition) is 0. The van der Waals surface area contributed by atoms with Crippen LogP contribution in [0, 0.1) is 5.82 Å². The molecule has 1 amide bonds. The lowest BCUT2D eigenvalue weighted by molar-refractivity contribution is -0.143. The van der Waals surface area contributed by atoms with E-state index in [-0.39, 0.29) is 47.4 Å². The number of amides is 1. The minimum absolute atomic E-state index is 0.00993. The van der Waals surface area contributed by atoms with Crippen molar-refractivity contribution in [1.29, 1.82) is 0 Å². The molecule has 0 spiro atoms. The number of aromatic nitrogens is 1. The number of methoxy groups -OCH3 is 2. The Labute approximate surface area is 219 Å². The number of ether oxygens (including phenoxy) is 4. The van der Waals surface area contributed by atoms with Gasteiger partial charge in [-0.15, -0.1) is 0 Å². The first-order valence-electron chi connectivity index (χ1n) is 11.6. The largest absolute Gasteiger partial charge is 0.480 e. The molecular formula is C26H28ClFN2O7. The molecule has 11 heteroatoms. The Hall–Kier alpha value is -3.50. The second-order valence-electron chi connectivity index (χ2n) is 8.14. The summed E-state index contributed by atoms with van der Waals surface area (Å²) in [5.74, 6) is -2.60. The Morgan fingerprint density at radius 3 is 2.54 bits per heavy atom. The van der Waals surface area contributed by atoms with Crippen LogP contribution in [0.1, 0.15) is 31.2 Å². The molecule has 9 nitrogen and oxygen atoms in total. The number of carbonyl (C=O) groups is 3. The minimum atomic E-state index is -0.784. The Kier molecular flexibility index (Phi) is 10.4. The predicted octanol–water partition coefficient (Wildman–Crippen LogP) is 4.02. The summed E-state index contributed by atoms with van der Waals surface area (Å²) < 4.78 is 35.4. The molecule has 3 rings (SSSR count). The van der Waals surface area contributed by atoms with Gasteiger partial charge in [-0.25, -0.2) is 14.0 Å². The normalized spacial score (nSPS) is 13.2. The summed E-state index contributed by atoms with van der Waals surface area (Å²) >= 11 is 6.14. The van der Waals surface area contributed by atoms with Crippen LogP contribution in [0.15, 0.2) is 47.8 Å². The van der Waals surface area contributed by atoms with Crippen LogP contribution in [-0.4, -0.2) is 56.9 Å². The highest BCUT2D eigenvalue weighted by molar-refractivity contribution is 6.32. The van der Waals surface area contributed by atoms with E-state index < -0.39 is 30.3 Å². The maximum Gasteiger partial charge on any atom is 0.343 e. The fourth-order valence-corrected chi connectivity index (χ4v) is 4.01. The number of hydrogen-bond acceptors (Lipinski definition) is 8.